The van der Waals surface area contributed by atoms with Crippen LogP contribution in [0.15, 0.2) is 9.59 Å². The van der Waals surface area contributed by atoms with E-state index >= 15 is 0 Å². The maximum absolute atomic E-state index is 12.7. The summed E-state index contributed by atoms with van der Waals surface area (Å²) in [6.07, 6.45) is 3.10. The van der Waals surface area contributed by atoms with Gasteiger partial charge in [-0.1, -0.05) is 52.1 Å². The standard InChI is InChI=1S/C15H23ClN2O2/c1-8(2)12-13(16)17-15(20)18(14(12)19)11-7-5-6-9(3)10(11)4/h8-11H,5-7H2,1-4H3,(H,17,20). The van der Waals surface area contributed by atoms with Crippen LogP contribution in [-0.4, -0.2) is 9.55 Å². The summed E-state index contributed by atoms with van der Waals surface area (Å²) in [6.45, 7) is 8.15. The molecule has 2 rings (SSSR count). The van der Waals surface area contributed by atoms with E-state index in [0.717, 1.165) is 19.3 Å². The van der Waals surface area contributed by atoms with Crippen LogP contribution in [0.2, 0.25) is 5.15 Å². The number of aromatic nitrogens is 2. The van der Waals surface area contributed by atoms with Gasteiger partial charge in [0.1, 0.15) is 5.15 Å². The minimum atomic E-state index is -0.379. The van der Waals surface area contributed by atoms with Gasteiger partial charge in [0.15, 0.2) is 0 Å². The number of aromatic amines is 1. The van der Waals surface area contributed by atoms with Gasteiger partial charge in [-0.15, -0.1) is 0 Å². The third-order valence-electron chi connectivity index (χ3n) is 4.69. The Kier molecular flexibility index (Phi) is 4.43. The van der Waals surface area contributed by atoms with Crippen LogP contribution in [0.1, 0.15) is 64.5 Å². The summed E-state index contributed by atoms with van der Waals surface area (Å²) in [6, 6.07) is -0.0234. The fraction of sp³-hybridized carbons (Fsp3) is 0.733. The van der Waals surface area contributed by atoms with Gasteiger partial charge in [-0.3, -0.25) is 14.3 Å². The Hall–Kier alpha value is -1.03. The van der Waals surface area contributed by atoms with E-state index in [4.69, 9.17) is 11.6 Å². The highest BCUT2D eigenvalue weighted by Crippen LogP contribution is 2.36. The van der Waals surface area contributed by atoms with Crippen molar-refractivity contribution in [2.45, 2.75) is 58.9 Å². The molecule has 0 radical (unpaired) electrons. The first-order valence-electron chi connectivity index (χ1n) is 7.38. The Morgan fingerprint density at radius 3 is 2.50 bits per heavy atom. The maximum Gasteiger partial charge on any atom is 0.329 e. The van der Waals surface area contributed by atoms with Gasteiger partial charge in [0.05, 0.1) is 5.56 Å². The molecule has 0 saturated heterocycles. The normalized spacial score (nSPS) is 27.0. The molecule has 4 nitrogen and oxygen atoms in total. The average molecular weight is 299 g/mol. The van der Waals surface area contributed by atoms with E-state index < -0.39 is 0 Å². The second-order valence-corrected chi connectivity index (χ2v) is 6.70. The summed E-state index contributed by atoms with van der Waals surface area (Å²) in [5.74, 6) is 0.844. The molecule has 112 valence electrons. The van der Waals surface area contributed by atoms with E-state index in [1.807, 2.05) is 13.8 Å². The molecular weight excluding hydrogens is 276 g/mol. The minimum Gasteiger partial charge on any atom is -0.297 e. The van der Waals surface area contributed by atoms with Crippen molar-refractivity contribution in [2.24, 2.45) is 11.8 Å². The lowest BCUT2D eigenvalue weighted by atomic mass is 9.78. The van der Waals surface area contributed by atoms with Crippen molar-refractivity contribution in [3.05, 3.63) is 31.6 Å². The molecule has 0 aromatic carbocycles. The summed E-state index contributed by atoms with van der Waals surface area (Å²) >= 11 is 6.04. The van der Waals surface area contributed by atoms with E-state index in [-0.39, 0.29) is 28.4 Å². The lowest BCUT2D eigenvalue weighted by molar-refractivity contribution is 0.178. The van der Waals surface area contributed by atoms with E-state index in [9.17, 15) is 9.59 Å². The molecule has 1 aliphatic rings. The Bertz CT molecular complexity index is 603. The number of hydrogen-bond donors (Lipinski definition) is 1. The first-order valence-corrected chi connectivity index (χ1v) is 7.76. The molecular formula is C15H23ClN2O2. The second-order valence-electron chi connectivity index (χ2n) is 6.32. The van der Waals surface area contributed by atoms with Crippen molar-refractivity contribution in [2.75, 3.05) is 0 Å². The third-order valence-corrected chi connectivity index (χ3v) is 4.99. The highest BCUT2D eigenvalue weighted by atomic mass is 35.5. The van der Waals surface area contributed by atoms with Gasteiger partial charge in [0.25, 0.3) is 5.56 Å². The Labute approximate surface area is 124 Å². The van der Waals surface area contributed by atoms with Gasteiger partial charge in [-0.25, -0.2) is 4.79 Å². The van der Waals surface area contributed by atoms with E-state index in [0.29, 0.717) is 17.4 Å². The molecule has 1 fully saturated rings. The third kappa shape index (κ3) is 2.58. The zero-order valence-corrected chi connectivity index (χ0v) is 13.3. The highest BCUT2D eigenvalue weighted by Gasteiger charge is 2.31. The van der Waals surface area contributed by atoms with E-state index in [1.165, 1.54) is 4.57 Å². The van der Waals surface area contributed by atoms with Crippen LogP contribution in [0.25, 0.3) is 0 Å². The monoisotopic (exact) mass is 298 g/mol. The van der Waals surface area contributed by atoms with Crippen molar-refractivity contribution in [3.63, 3.8) is 0 Å². The quantitative estimate of drug-likeness (QED) is 0.852. The number of hydrogen-bond acceptors (Lipinski definition) is 2. The number of halogens is 1. The van der Waals surface area contributed by atoms with Crippen molar-refractivity contribution in [1.29, 1.82) is 0 Å². The van der Waals surface area contributed by atoms with Gasteiger partial charge in [-0.05, 0) is 24.2 Å². The summed E-state index contributed by atoms with van der Waals surface area (Å²) < 4.78 is 1.40. The lowest BCUT2D eigenvalue weighted by Crippen LogP contribution is -2.44. The molecule has 0 aliphatic heterocycles. The van der Waals surface area contributed by atoms with E-state index in [1.54, 1.807) is 0 Å². The molecule has 5 heteroatoms. The highest BCUT2D eigenvalue weighted by molar-refractivity contribution is 6.30. The molecule has 20 heavy (non-hydrogen) atoms. The second kappa shape index (κ2) is 5.76. The van der Waals surface area contributed by atoms with Crippen molar-refractivity contribution >= 4 is 11.6 Å². The molecule has 1 saturated carbocycles. The molecule has 1 N–H and O–H groups in total. The van der Waals surface area contributed by atoms with Crippen LogP contribution < -0.4 is 11.2 Å². The van der Waals surface area contributed by atoms with Gasteiger partial charge >= 0.3 is 5.69 Å². The molecule has 0 amide bonds. The Balaban J connectivity index is 2.60. The van der Waals surface area contributed by atoms with E-state index in [2.05, 4.69) is 18.8 Å². The number of nitrogens with one attached hydrogen (secondary N) is 1. The van der Waals surface area contributed by atoms with Crippen molar-refractivity contribution in [1.82, 2.24) is 9.55 Å². The van der Waals surface area contributed by atoms with Crippen LogP contribution in [0.5, 0.6) is 0 Å². The van der Waals surface area contributed by atoms with Crippen molar-refractivity contribution < 1.29 is 0 Å². The Morgan fingerprint density at radius 2 is 1.90 bits per heavy atom. The minimum absolute atomic E-state index is 0.00517. The summed E-state index contributed by atoms with van der Waals surface area (Å²) in [5.41, 5.74) is -0.0910. The molecule has 3 atom stereocenters. The van der Waals surface area contributed by atoms with Crippen LogP contribution in [-0.2, 0) is 0 Å². The predicted octanol–water partition coefficient (Wildman–Crippen LogP) is 3.31. The van der Waals surface area contributed by atoms with Gasteiger partial charge in [-0.2, -0.15) is 0 Å². The van der Waals surface area contributed by atoms with Crippen LogP contribution in [0.3, 0.4) is 0 Å². The first-order chi connectivity index (χ1) is 9.34. The predicted molar refractivity (Wildman–Crippen MR) is 81.6 cm³/mol. The molecule has 3 unspecified atom stereocenters. The fourth-order valence-electron chi connectivity index (χ4n) is 3.26. The molecule has 1 aromatic rings. The summed E-state index contributed by atoms with van der Waals surface area (Å²) in [4.78, 5) is 27.5. The summed E-state index contributed by atoms with van der Waals surface area (Å²) in [7, 11) is 0. The number of nitrogens with zero attached hydrogens (tertiary/aromatic N) is 1. The number of H-pyrrole nitrogens is 1. The molecule has 0 spiro atoms. The molecule has 0 bridgehead atoms. The topological polar surface area (TPSA) is 54.9 Å². The summed E-state index contributed by atoms with van der Waals surface area (Å²) in [5, 5.41) is 0.183. The molecule has 1 heterocycles. The van der Waals surface area contributed by atoms with Crippen LogP contribution >= 0.6 is 11.6 Å². The maximum atomic E-state index is 12.7. The van der Waals surface area contributed by atoms with Crippen LogP contribution in [0.4, 0.5) is 0 Å². The zero-order chi connectivity index (χ0) is 15.0. The molecule has 1 aliphatic carbocycles. The van der Waals surface area contributed by atoms with Gasteiger partial charge < -0.3 is 0 Å². The number of rotatable bonds is 2. The largest absolute Gasteiger partial charge is 0.329 e. The first kappa shape index (κ1) is 15.4. The average Bonchev–Trinajstić information content (AvgIpc) is 2.33. The smallest absolute Gasteiger partial charge is 0.297 e. The van der Waals surface area contributed by atoms with Gasteiger partial charge in [0.2, 0.25) is 0 Å². The van der Waals surface area contributed by atoms with Crippen LogP contribution in [0, 0.1) is 11.8 Å². The Morgan fingerprint density at radius 1 is 1.25 bits per heavy atom. The lowest BCUT2D eigenvalue weighted by Gasteiger charge is -2.34. The molecule has 1 aromatic heterocycles. The van der Waals surface area contributed by atoms with Gasteiger partial charge in [0, 0.05) is 6.04 Å². The SMILES string of the molecule is CC(C)c1c(Cl)[nH]c(=O)n(C2CCCC(C)C2C)c1=O. The zero-order valence-electron chi connectivity index (χ0n) is 12.6. The van der Waals surface area contributed by atoms with Crippen molar-refractivity contribution in [3.8, 4) is 0 Å². The fourth-order valence-corrected chi connectivity index (χ4v) is 3.64.